The lowest BCUT2D eigenvalue weighted by molar-refractivity contribution is 0.0845. The van der Waals surface area contributed by atoms with Crippen LogP contribution in [0.25, 0.3) is 0 Å². The molecule has 1 aromatic carbocycles. The maximum Gasteiger partial charge on any atom is 0.319 e. The Morgan fingerprint density at radius 2 is 2.07 bits per heavy atom. The van der Waals surface area contributed by atoms with E-state index < -0.39 is 0 Å². The van der Waals surface area contributed by atoms with Gasteiger partial charge in [0.1, 0.15) is 5.75 Å². The maximum absolute atomic E-state index is 12.5. The number of nitrogens with one attached hydrogen (secondary N) is 2. The van der Waals surface area contributed by atoms with Crippen LogP contribution in [0.4, 0.5) is 16.4 Å². The molecule has 8 heteroatoms. The molecule has 0 aliphatic carbocycles. The summed E-state index contributed by atoms with van der Waals surface area (Å²) in [6.45, 7) is 5.07. The smallest absolute Gasteiger partial charge is 0.319 e. The zero-order chi connectivity index (χ0) is 20.9. The number of amides is 2. The third-order valence-corrected chi connectivity index (χ3v) is 5.71. The van der Waals surface area contributed by atoms with Gasteiger partial charge in [0.25, 0.3) is 0 Å². The van der Waals surface area contributed by atoms with E-state index in [1.165, 1.54) is 0 Å². The van der Waals surface area contributed by atoms with Crippen LogP contribution in [0.1, 0.15) is 36.4 Å². The summed E-state index contributed by atoms with van der Waals surface area (Å²) >= 11 is 0. The van der Waals surface area contributed by atoms with Crippen molar-refractivity contribution in [3.63, 3.8) is 0 Å². The third-order valence-electron chi connectivity index (χ3n) is 5.71. The first-order valence-electron chi connectivity index (χ1n) is 10.5. The van der Waals surface area contributed by atoms with Crippen LogP contribution in [0.3, 0.4) is 0 Å². The van der Waals surface area contributed by atoms with E-state index in [2.05, 4.69) is 20.5 Å². The van der Waals surface area contributed by atoms with E-state index in [0.29, 0.717) is 23.9 Å². The van der Waals surface area contributed by atoms with Gasteiger partial charge in [-0.25, -0.2) is 14.8 Å². The first kappa shape index (κ1) is 20.4. The van der Waals surface area contributed by atoms with E-state index in [1.54, 1.807) is 7.11 Å². The van der Waals surface area contributed by atoms with Crippen LogP contribution in [-0.2, 0) is 4.74 Å². The average molecular weight is 412 g/mol. The number of rotatable bonds is 5. The number of anilines is 2. The molecule has 2 saturated heterocycles. The molecule has 8 nitrogen and oxygen atoms in total. The quantitative estimate of drug-likeness (QED) is 0.786. The highest BCUT2D eigenvalue weighted by molar-refractivity contribution is 5.91. The number of carbonyl (C=O) groups excluding carboxylic acids is 1. The second kappa shape index (κ2) is 9.30. The maximum atomic E-state index is 12.5. The van der Waals surface area contributed by atoms with Gasteiger partial charge in [-0.3, -0.25) is 0 Å². The topological polar surface area (TPSA) is 88.6 Å². The lowest BCUT2D eigenvalue weighted by Crippen LogP contribution is -2.40. The van der Waals surface area contributed by atoms with Crippen molar-refractivity contribution in [2.75, 3.05) is 43.6 Å². The molecule has 2 amide bonds. The van der Waals surface area contributed by atoms with Gasteiger partial charge in [-0.05, 0) is 49.9 Å². The SMILES string of the molecule is COc1ccc(C)cc1NC(=O)NC1CCN(c2nccc(C3CCOCC3)n2)C1. The van der Waals surface area contributed by atoms with Crippen LogP contribution < -0.4 is 20.3 Å². The number of urea groups is 1. The number of aromatic nitrogens is 2. The number of carbonyl (C=O) groups is 1. The second-order valence-corrected chi connectivity index (χ2v) is 7.90. The molecule has 160 valence electrons. The predicted octanol–water partition coefficient (Wildman–Crippen LogP) is 3.09. The fourth-order valence-corrected chi connectivity index (χ4v) is 4.06. The Labute approximate surface area is 177 Å². The number of ether oxygens (including phenoxy) is 2. The lowest BCUT2D eigenvalue weighted by atomic mass is 9.96. The highest BCUT2D eigenvalue weighted by Gasteiger charge is 2.27. The van der Waals surface area contributed by atoms with E-state index in [4.69, 9.17) is 14.5 Å². The number of methoxy groups -OCH3 is 1. The molecule has 1 atom stereocenters. The van der Waals surface area contributed by atoms with Crippen LogP contribution in [0.2, 0.25) is 0 Å². The summed E-state index contributed by atoms with van der Waals surface area (Å²) in [7, 11) is 1.59. The molecule has 1 aromatic heterocycles. The molecule has 2 aliphatic heterocycles. The van der Waals surface area contributed by atoms with Crippen LogP contribution in [0.5, 0.6) is 5.75 Å². The molecule has 1 unspecified atom stereocenters. The minimum Gasteiger partial charge on any atom is -0.495 e. The molecule has 0 saturated carbocycles. The van der Waals surface area contributed by atoms with E-state index in [9.17, 15) is 4.79 Å². The molecular weight excluding hydrogens is 382 g/mol. The van der Waals surface area contributed by atoms with Crippen LogP contribution >= 0.6 is 0 Å². The molecular formula is C22H29N5O3. The fraction of sp³-hybridized carbons (Fsp3) is 0.500. The Kier molecular flexibility index (Phi) is 6.32. The Balaban J connectivity index is 1.34. The Hall–Kier alpha value is -2.87. The summed E-state index contributed by atoms with van der Waals surface area (Å²) < 4.78 is 10.8. The number of hydrogen-bond acceptors (Lipinski definition) is 6. The average Bonchev–Trinajstić information content (AvgIpc) is 3.23. The second-order valence-electron chi connectivity index (χ2n) is 7.90. The van der Waals surface area contributed by atoms with E-state index in [1.807, 2.05) is 37.4 Å². The molecule has 2 aromatic rings. The largest absolute Gasteiger partial charge is 0.495 e. The Morgan fingerprint density at radius 3 is 2.87 bits per heavy atom. The molecule has 2 fully saturated rings. The molecule has 4 rings (SSSR count). The summed E-state index contributed by atoms with van der Waals surface area (Å²) in [5.41, 5.74) is 2.81. The number of aryl methyl sites for hydroxylation is 1. The van der Waals surface area contributed by atoms with Gasteiger partial charge >= 0.3 is 6.03 Å². The summed E-state index contributed by atoms with van der Waals surface area (Å²) in [5, 5.41) is 5.96. The van der Waals surface area contributed by atoms with Crippen molar-refractivity contribution in [2.45, 2.75) is 38.1 Å². The normalized spacial score (nSPS) is 19.5. The Morgan fingerprint density at radius 1 is 1.23 bits per heavy atom. The van der Waals surface area contributed by atoms with E-state index in [0.717, 1.165) is 56.2 Å². The summed E-state index contributed by atoms with van der Waals surface area (Å²) in [6.07, 6.45) is 4.69. The molecule has 2 N–H and O–H groups in total. The molecule has 0 radical (unpaired) electrons. The third kappa shape index (κ3) is 4.81. The van der Waals surface area contributed by atoms with Crippen molar-refractivity contribution in [3.8, 4) is 5.75 Å². The van der Waals surface area contributed by atoms with Gasteiger partial charge in [-0.2, -0.15) is 0 Å². The van der Waals surface area contributed by atoms with Gasteiger partial charge in [0, 0.05) is 50.2 Å². The van der Waals surface area contributed by atoms with Gasteiger partial charge < -0.3 is 25.0 Å². The van der Waals surface area contributed by atoms with Gasteiger partial charge in [0.05, 0.1) is 12.8 Å². The van der Waals surface area contributed by atoms with Crippen LogP contribution in [0, 0.1) is 6.92 Å². The highest BCUT2D eigenvalue weighted by atomic mass is 16.5. The van der Waals surface area contributed by atoms with Gasteiger partial charge in [0.15, 0.2) is 0 Å². The summed E-state index contributed by atoms with van der Waals surface area (Å²) in [5.74, 6) is 1.82. The standard InChI is InChI=1S/C22H29N5O3/c1-15-3-4-20(29-2)19(13-15)26-22(28)24-17-6-10-27(14-17)21-23-9-5-18(25-21)16-7-11-30-12-8-16/h3-5,9,13,16-17H,6-8,10-12,14H2,1-2H3,(H2,24,26,28). The van der Waals surface area contributed by atoms with Gasteiger partial charge in [-0.1, -0.05) is 6.07 Å². The lowest BCUT2D eigenvalue weighted by Gasteiger charge is -2.23. The molecule has 30 heavy (non-hydrogen) atoms. The van der Waals surface area contributed by atoms with Crippen molar-refractivity contribution in [3.05, 3.63) is 41.7 Å². The molecule has 0 spiro atoms. The van der Waals surface area contributed by atoms with Crippen molar-refractivity contribution in [2.24, 2.45) is 0 Å². The zero-order valence-corrected chi connectivity index (χ0v) is 17.6. The zero-order valence-electron chi connectivity index (χ0n) is 17.6. The van der Waals surface area contributed by atoms with E-state index >= 15 is 0 Å². The van der Waals surface area contributed by atoms with Gasteiger partial charge in [-0.15, -0.1) is 0 Å². The summed E-state index contributed by atoms with van der Waals surface area (Å²) in [4.78, 5) is 23.9. The first-order valence-corrected chi connectivity index (χ1v) is 10.5. The van der Waals surface area contributed by atoms with Crippen LogP contribution in [-0.4, -0.2) is 55.5 Å². The number of hydrogen-bond donors (Lipinski definition) is 2. The van der Waals surface area contributed by atoms with E-state index in [-0.39, 0.29) is 12.1 Å². The predicted molar refractivity (Wildman–Crippen MR) is 115 cm³/mol. The van der Waals surface area contributed by atoms with Crippen molar-refractivity contribution < 1.29 is 14.3 Å². The Bertz CT molecular complexity index is 885. The van der Waals surface area contributed by atoms with Crippen molar-refractivity contribution >= 4 is 17.7 Å². The van der Waals surface area contributed by atoms with Gasteiger partial charge in [0.2, 0.25) is 5.95 Å². The number of nitrogens with zero attached hydrogens (tertiary/aromatic N) is 3. The molecule has 2 aliphatic rings. The highest BCUT2D eigenvalue weighted by Crippen LogP contribution is 2.27. The molecule has 3 heterocycles. The number of benzene rings is 1. The minimum absolute atomic E-state index is 0.0381. The summed E-state index contributed by atoms with van der Waals surface area (Å²) in [6, 6.07) is 7.51. The van der Waals surface area contributed by atoms with Crippen LogP contribution in [0.15, 0.2) is 30.5 Å². The monoisotopic (exact) mass is 411 g/mol. The minimum atomic E-state index is -0.234. The molecule has 0 bridgehead atoms. The van der Waals surface area contributed by atoms with Crippen molar-refractivity contribution in [1.29, 1.82) is 0 Å². The first-order chi connectivity index (χ1) is 14.6. The fourth-order valence-electron chi connectivity index (χ4n) is 4.06. The van der Waals surface area contributed by atoms with Crippen molar-refractivity contribution in [1.82, 2.24) is 15.3 Å².